The number of nitrogens with zero attached hydrogens (tertiary/aromatic N) is 1. The molecule has 0 saturated heterocycles. The molecular formula is C22H18Cl2N2O5. The smallest absolute Gasteiger partial charge is 0.259 e. The number of halogens is 2. The molecule has 160 valence electrons. The second kappa shape index (κ2) is 7.92. The predicted molar refractivity (Wildman–Crippen MR) is 119 cm³/mol. The average molecular weight is 461 g/mol. The second-order valence-electron chi connectivity index (χ2n) is 7.67. The maximum absolute atomic E-state index is 13.0. The number of hydrogen-bond donors (Lipinski definition) is 2. The molecule has 9 heteroatoms. The standard InChI is InChI=1S/C22H18Cl2N2O5/c1-22(2,29)11-26-10-9-12-13(21(26)28)5-3-7-15(12)25-20(27)14-6-4-8-16-17(14)31-19(24)18(23)30-16/h3-10,29H,11H2,1-2H3,(H,25,27). The zero-order valence-electron chi connectivity index (χ0n) is 16.6. The fourth-order valence-corrected chi connectivity index (χ4v) is 3.54. The van der Waals surface area contributed by atoms with Gasteiger partial charge in [-0.3, -0.25) is 9.59 Å². The molecule has 3 aromatic rings. The van der Waals surface area contributed by atoms with Crippen LogP contribution in [0.5, 0.6) is 11.5 Å². The molecule has 0 atom stereocenters. The topological polar surface area (TPSA) is 89.8 Å². The van der Waals surface area contributed by atoms with Gasteiger partial charge in [0, 0.05) is 22.7 Å². The molecule has 1 aliphatic rings. The molecule has 7 nitrogen and oxygen atoms in total. The van der Waals surface area contributed by atoms with E-state index >= 15 is 0 Å². The fourth-order valence-electron chi connectivity index (χ4n) is 3.30. The first-order chi connectivity index (χ1) is 14.6. The fraction of sp³-hybridized carbons (Fsp3) is 0.182. The molecule has 31 heavy (non-hydrogen) atoms. The molecule has 1 amide bonds. The Bertz CT molecular complexity index is 1290. The molecule has 0 bridgehead atoms. The zero-order chi connectivity index (χ0) is 22.3. The Balaban J connectivity index is 1.69. The van der Waals surface area contributed by atoms with Crippen LogP contribution in [-0.4, -0.2) is 21.2 Å². The zero-order valence-corrected chi connectivity index (χ0v) is 18.1. The van der Waals surface area contributed by atoms with Crippen LogP contribution in [0.25, 0.3) is 10.8 Å². The number of fused-ring (bicyclic) bond motifs is 2. The molecule has 1 aromatic heterocycles. The van der Waals surface area contributed by atoms with Crippen molar-refractivity contribution in [2.45, 2.75) is 26.0 Å². The Kier molecular flexibility index (Phi) is 5.43. The van der Waals surface area contributed by atoms with E-state index in [4.69, 9.17) is 32.7 Å². The van der Waals surface area contributed by atoms with Crippen LogP contribution in [0.1, 0.15) is 24.2 Å². The van der Waals surface area contributed by atoms with Gasteiger partial charge in [0.15, 0.2) is 11.5 Å². The number of para-hydroxylation sites is 1. The van der Waals surface area contributed by atoms with Gasteiger partial charge in [0.25, 0.3) is 11.5 Å². The van der Waals surface area contributed by atoms with Gasteiger partial charge in [-0.15, -0.1) is 0 Å². The van der Waals surface area contributed by atoms with Crippen molar-refractivity contribution in [2.75, 3.05) is 5.32 Å². The highest BCUT2D eigenvalue weighted by atomic mass is 35.5. The van der Waals surface area contributed by atoms with Gasteiger partial charge >= 0.3 is 0 Å². The van der Waals surface area contributed by atoms with Gasteiger partial charge in [0.2, 0.25) is 10.4 Å². The van der Waals surface area contributed by atoms with Crippen molar-refractivity contribution >= 4 is 45.6 Å². The maximum atomic E-state index is 13.0. The van der Waals surface area contributed by atoms with Gasteiger partial charge < -0.3 is 24.5 Å². The number of ether oxygens (including phenoxy) is 2. The molecule has 0 aliphatic carbocycles. The number of rotatable bonds is 4. The summed E-state index contributed by atoms with van der Waals surface area (Å²) in [5.41, 5.74) is -0.677. The SMILES string of the molecule is CC(C)(O)Cn1ccc2c(NC(=O)c3cccc4c3OC(Cl)=C(Cl)O4)cccc2c1=O. The van der Waals surface area contributed by atoms with Crippen LogP contribution in [0.4, 0.5) is 5.69 Å². The Morgan fingerprint density at radius 2 is 1.77 bits per heavy atom. The number of aromatic nitrogens is 1. The summed E-state index contributed by atoms with van der Waals surface area (Å²) < 4.78 is 12.3. The monoisotopic (exact) mass is 460 g/mol. The average Bonchev–Trinajstić information content (AvgIpc) is 2.70. The van der Waals surface area contributed by atoms with Crippen LogP contribution >= 0.6 is 23.2 Å². The van der Waals surface area contributed by atoms with E-state index in [9.17, 15) is 14.7 Å². The highest BCUT2D eigenvalue weighted by Gasteiger charge is 2.25. The lowest BCUT2D eigenvalue weighted by molar-refractivity contribution is 0.0606. The number of nitrogens with one attached hydrogen (secondary N) is 1. The molecule has 2 aromatic carbocycles. The van der Waals surface area contributed by atoms with Gasteiger partial charge in [-0.25, -0.2) is 0 Å². The van der Waals surface area contributed by atoms with E-state index in [1.807, 2.05) is 0 Å². The third kappa shape index (κ3) is 4.25. The van der Waals surface area contributed by atoms with E-state index in [-0.39, 0.29) is 39.6 Å². The van der Waals surface area contributed by atoms with Gasteiger partial charge in [-0.05, 0) is 67.4 Å². The summed E-state index contributed by atoms with van der Waals surface area (Å²) in [5.74, 6) is -0.0762. The molecule has 0 fully saturated rings. The number of anilines is 1. The Morgan fingerprint density at radius 1 is 1.06 bits per heavy atom. The van der Waals surface area contributed by atoms with Gasteiger partial charge in [-0.2, -0.15) is 0 Å². The lowest BCUT2D eigenvalue weighted by Gasteiger charge is -2.20. The first-order valence-corrected chi connectivity index (χ1v) is 10.1. The van der Waals surface area contributed by atoms with Crippen LogP contribution < -0.4 is 20.3 Å². The van der Waals surface area contributed by atoms with Crippen molar-refractivity contribution in [1.29, 1.82) is 0 Å². The molecule has 0 saturated carbocycles. The van der Waals surface area contributed by atoms with Crippen LogP contribution in [0.3, 0.4) is 0 Å². The lowest BCUT2D eigenvalue weighted by Crippen LogP contribution is -2.32. The van der Waals surface area contributed by atoms with Crippen molar-refractivity contribution in [3.05, 3.63) is 75.0 Å². The maximum Gasteiger partial charge on any atom is 0.259 e. The molecule has 0 radical (unpaired) electrons. The predicted octanol–water partition coefficient (Wildman–Crippen LogP) is 4.40. The van der Waals surface area contributed by atoms with Gasteiger partial charge in [-0.1, -0.05) is 12.1 Å². The molecular weight excluding hydrogens is 443 g/mol. The molecule has 0 unspecified atom stereocenters. The van der Waals surface area contributed by atoms with E-state index in [2.05, 4.69) is 5.32 Å². The second-order valence-corrected chi connectivity index (χ2v) is 8.35. The Morgan fingerprint density at radius 3 is 2.52 bits per heavy atom. The number of carbonyl (C=O) groups is 1. The number of pyridine rings is 1. The quantitative estimate of drug-likeness (QED) is 0.601. The van der Waals surface area contributed by atoms with Crippen LogP contribution in [-0.2, 0) is 6.54 Å². The Labute approximate surface area is 187 Å². The van der Waals surface area contributed by atoms with E-state index in [0.717, 1.165) is 0 Å². The molecule has 2 heterocycles. The molecule has 4 rings (SSSR count). The third-order valence-electron chi connectivity index (χ3n) is 4.59. The minimum atomic E-state index is -1.05. The number of aliphatic hydroxyl groups is 1. The van der Waals surface area contributed by atoms with Gasteiger partial charge in [0.05, 0.1) is 17.7 Å². The van der Waals surface area contributed by atoms with Gasteiger partial charge in [0.1, 0.15) is 0 Å². The summed E-state index contributed by atoms with van der Waals surface area (Å²) in [7, 11) is 0. The lowest BCUT2D eigenvalue weighted by atomic mass is 10.1. The minimum absolute atomic E-state index is 0.122. The third-order valence-corrected chi connectivity index (χ3v) is 5.19. The summed E-state index contributed by atoms with van der Waals surface area (Å²) >= 11 is 11.7. The van der Waals surface area contributed by atoms with Crippen LogP contribution in [0.15, 0.2) is 63.9 Å². The minimum Gasteiger partial charge on any atom is -0.436 e. The van der Waals surface area contributed by atoms with Crippen LogP contribution in [0, 0.1) is 0 Å². The Hall–Kier alpha value is -3.00. The largest absolute Gasteiger partial charge is 0.436 e. The first kappa shape index (κ1) is 21.2. The number of benzene rings is 2. The van der Waals surface area contributed by atoms with E-state index in [0.29, 0.717) is 16.5 Å². The van der Waals surface area contributed by atoms with Crippen molar-refractivity contribution in [1.82, 2.24) is 4.57 Å². The van der Waals surface area contributed by atoms with Crippen molar-refractivity contribution in [3.8, 4) is 11.5 Å². The summed E-state index contributed by atoms with van der Waals surface area (Å²) in [5, 5.41) is 13.5. The normalized spacial score (nSPS) is 13.5. The number of amides is 1. The molecule has 2 N–H and O–H groups in total. The number of hydrogen-bond acceptors (Lipinski definition) is 5. The summed E-state index contributed by atoms with van der Waals surface area (Å²) in [6, 6.07) is 11.5. The highest BCUT2D eigenvalue weighted by Crippen LogP contribution is 2.40. The van der Waals surface area contributed by atoms with E-state index in [1.165, 1.54) is 4.57 Å². The summed E-state index contributed by atoms with van der Waals surface area (Å²) in [4.78, 5) is 25.8. The van der Waals surface area contributed by atoms with Crippen LogP contribution in [0.2, 0.25) is 0 Å². The van der Waals surface area contributed by atoms with E-state index in [1.54, 1.807) is 62.5 Å². The van der Waals surface area contributed by atoms with E-state index < -0.39 is 11.5 Å². The van der Waals surface area contributed by atoms with Crippen molar-refractivity contribution in [3.63, 3.8) is 0 Å². The molecule has 1 aliphatic heterocycles. The number of carbonyl (C=O) groups excluding carboxylic acids is 1. The van der Waals surface area contributed by atoms with Crippen molar-refractivity contribution in [2.24, 2.45) is 0 Å². The highest BCUT2D eigenvalue weighted by molar-refractivity contribution is 6.38. The van der Waals surface area contributed by atoms with Crippen molar-refractivity contribution < 1.29 is 19.4 Å². The summed E-state index contributed by atoms with van der Waals surface area (Å²) in [6.45, 7) is 3.39. The summed E-state index contributed by atoms with van der Waals surface area (Å²) in [6.07, 6.45) is 1.59. The molecule has 0 spiro atoms. The first-order valence-electron chi connectivity index (χ1n) is 9.34.